The van der Waals surface area contributed by atoms with Crippen molar-refractivity contribution in [3.63, 3.8) is 0 Å². The molecular weight excluding hydrogens is 484 g/mol. The highest BCUT2D eigenvalue weighted by Crippen LogP contribution is 2.25. The maximum atomic E-state index is 11.6. The first-order valence-electron chi connectivity index (χ1n) is 10.4. The molecule has 2 aromatic rings. The molecule has 2 rings (SSSR count). The molecule has 0 aliphatic heterocycles. The van der Waals surface area contributed by atoms with E-state index in [1.807, 2.05) is 0 Å². The Morgan fingerprint density at radius 3 is 1.47 bits per heavy atom. The van der Waals surface area contributed by atoms with E-state index in [4.69, 9.17) is 9.47 Å². The van der Waals surface area contributed by atoms with Crippen molar-refractivity contribution >= 4 is 33.8 Å². The highest BCUT2D eigenvalue weighted by atomic mass is 33.1. The van der Waals surface area contributed by atoms with Crippen molar-refractivity contribution < 1.29 is 39.5 Å². The van der Waals surface area contributed by atoms with Gasteiger partial charge in [-0.1, -0.05) is 33.7 Å². The summed E-state index contributed by atoms with van der Waals surface area (Å²) >= 11 is 0. The number of aromatic hydroxyl groups is 4. The van der Waals surface area contributed by atoms with Gasteiger partial charge in [-0.05, 0) is 48.2 Å². The van der Waals surface area contributed by atoms with Gasteiger partial charge in [-0.3, -0.25) is 0 Å². The third kappa shape index (κ3) is 10.7. The highest BCUT2D eigenvalue weighted by Gasteiger charge is 2.06. The summed E-state index contributed by atoms with van der Waals surface area (Å²) in [6.07, 6.45) is -0.0875. The van der Waals surface area contributed by atoms with E-state index in [1.165, 1.54) is 45.9 Å². The fourth-order valence-electron chi connectivity index (χ4n) is 2.62. The first-order chi connectivity index (χ1) is 16.3. The Balaban J connectivity index is 1.41. The number of benzene rings is 2. The first-order valence-corrected chi connectivity index (χ1v) is 12.9. The van der Waals surface area contributed by atoms with Crippen LogP contribution in [0.2, 0.25) is 0 Å². The van der Waals surface area contributed by atoms with Gasteiger partial charge in [-0.2, -0.15) is 0 Å². The summed E-state index contributed by atoms with van der Waals surface area (Å²) in [6, 6.07) is 8.98. The Labute approximate surface area is 205 Å². The van der Waals surface area contributed by atoms with Gasteiger partial charge in [0.15, 0.2) is 23.0 Å². The van der Waals surface area contributed by atoms with Crippen molar-refractivity contribution in [2.45, 2.75) is 12.8 Å². The minimum atomic E-state index is -0.531. The zero-order valence-electron chi connectivity index (χ0n) is 18.4. The van der Waals surface area contributed by atoms with E-state index >= 15 is 0 Å². The number of hydrogen-bond donors (Lipinski definition) is 6. The van der Waals surface area contributed by atoms with Crippen molar-refractivity contribution in [2.75, 3.05) is 37.8 Å². The van der Waals surface area contributed by atoms with Crippen LogP contribution in [0, 0.1) is 0 Å². The van der Waals surface area contributed by atoms with Gasteiger partial charge in [-0.15, -0.1) is 0 Å². The fourth-order valence-corrected chi connectivity index (χ4v) is 4.28. The number of nitrogens with one attached hydrogen (secondary N) is 2. The van der Waals surface area contributed by atoms with Crippen molar-refractivity contribution in [3.05, 3.63) is 47.5 Å². The monoisotopic (exact) mass is 512 g/mol. The van der Waals surface area contributed by atoms with Crippen molar-refractivity contribution in [3.8, 4) is 23.0 Å². The minimum absolute atomic E-state index is 0.189. The molecule has 2 amide bonds. The van der Waals surface area contributed by atoms with Gasteiger partial charge in [0.1, 0.15) is 13.2 Å². The van der Waals surface area contributed by atoms with Gasteiger partial charge in [0.05, 0.1) is 0 Å². The Kier molecular flexibility index (Phi) is 11.9. The van der Waals surface area contributed by atoms with Crippen LogP contribution in [0.3, 0.4) is 0 Å². The minimum Gasteiger partial charge on any atom is -0.504 e. The van der Waals surface area contributed by atoms with Crippen LogP contribution in [0.15, 0.2) is 36.4 Å². The normalized spacial score (nSPS) is 10.5. The number of carbonyl (C=O) groups excluding carboxylic acids is 2. The average Bonchev–Trinajstić information content (AvgIpc) is 2.80. The molecule has 0 spiro atoms. The summed E-state index contributed by atoms with van der Waals surface area (Å²) in [6.45, 7) is 1.14. The summed E-state index contributed by atoms with van der Waals surface area (Å²) in [4.78, 5) is 23.3. The van der Waals surface area contributed by atoms with Crippen molar-refractivity contribution in [1.29, 1.82) is 0 Å². The van der Waals surface area contributed by atoms with Crippen LogP contribution in [-0.4, -0.2) is 70.4 Å². The van der Waals surface area contributed by atoms with Gasteiger partial charge in [-0.25, -0.2) is 9.59 Å². The molecule has 2 aromatic carbocycles. The summed E-state index contributed by atoms with van der Waals surface area (Å²) in [7, 11) is 2.99. The molecule has 0 saturated carbocycles. The predicted octanol–water partition coefficient (Wildman–Crippen LogP) is 3.13. The zero-order chi connectivity index (χ0) is 24.8. The SMILES string of the molecule is O=C(NCCc1ccc(O)c(O)c1)OCCSSCCOC(=O)NCCc1ccc(O)c(O)c1. The number of carbonyl (C=O) groups is 2. The Bertz CT molecular complexity index is 870. The molecule has 34 heavy (non-hydrogen) atoms. The van der Waals surface area contributed by atoms with Crippen LogP contribution in [0.1, 0.15) is 11.1 Å². The van der Waals surface area contributed by atoms with Crippen LogP contribution in [0.25, 0.3) is 0 Å². The standard InChI is InChI=1S/C22H28N2O8S2/c25-17-3-1-15(13-19(17)27)5-7-23-21(29)31-9-11-33-34-12-10-32-22(30)24-8-6-16-2-4-18(26)20(28)14-16/h1-4,13-14,25-28H,5-12H2,(H,23,29)(H,24,30). The largest absolute Gasteiger partial charge is 0.504 e. The number of rotatable bonds is 13. The zero-order valence-corrected chi connectivity index (χ0v) is 20.0. The van der Waals surface area contributed by atoms with Gasteiger partial charge in [0.2, 0.25) is 0 Å². The molecule has 0 bridgehead atoms. The highest BCUT2D eigenvalue weighted by molar-refractivity contribution is 8.76. The van der Waals surface area contributed by atoms with E-state index in [0.29, 0.717) is 37.4 Å². The predicted molar refractivity (Wildman–Crippen MR) is 131 cm³/mol. The topological polar surface area (TPSA) is 158 Å². The smallest absolute Gasteiger partial charge is 0.407 e. The van der Waals surface area contributed by atoms with Gasteiger partial charge in [0.25, 0.3) is 0 Å². The number of amides is 2. The molecule has 0 atom stereocenters. The molecule has 10 nitrogen and oxygen atoms in total. The van der Waals surface area contributed by atoms with E-state index in [2.05, 4.69) is 10.6 Å². The van der Waals surface area contributed by atoms with E-state index in [1.54, 1.807) is 12.1 Å². The van der Waals surface area contributed by atoms with Crippen molar-refractivity contribution in [2.24, 2.45) is 0 Å². The van der Waals surface area contributed by atoms with E-state index in [-0.39, 0.29) is 36.2 Å². The molecule has 0 aliphatic carbocycles. The van der Waals surface area contributed by atoms with E-state index < -0.39 is 12.2 Å². The summed E-state index contributed by atoms with van der Waals surface area (Å²) in [5.74, 6) is 0.378. The maximum Gasteiger partial charge on any atom is 0.407 e. The Morgan fingerprint density at radius 2 is 1.09 bits per heavy atom. The Hall–Kier alpha value is -3.12. The molecule has 0 aromatic heterocycles. The van der Waals surface area contributed by atoms with Crippen LogP contribution < -0.4 is 10.6 Å². The molecule has 0 aliphatic rings. The lowest BCUT2D eigenvalue weighted by atomic mass is 10.1. The fraction of sp³-hybridized carbons (Fsp3) is 0.364. The molecule has 0 fully saturated rings. The van der Waals surface area contributed by atoms with Gasteiger partial charge < -0.3 is 40.5 Å². The number of alkyl carbamates (subject to hydrolysis) is 2. The quantitative estimate of drug-likeness (QED) is 0.134. The summed E-state index contributed by atoms with van der Waals surface area (Å²) in [5.41, 5.74) is 1.55. The van der Waals surface area contributed by atoms with E-state index in [9.17, 15) is 30.0 Å². The molecule has 12 heteroatoms. The van der Waals surface area contributed by atoms with Crippen molar-refractivity contribution in [1.82, 2.24) is 10.6 Å². The summed E-state index contributed by atoms with van der Waals surface area (Å²) in [5, 5.41) is 42.6. The summed E-state index contributed by atoms with van der Waals surface area (Å²) < 4.78 is 10.1. The second-order valence-electron chi connectivity index (χ2n) is 6.92. The first kappa shape index (κ1) is 27.1. The molecule has 0 heterocycles. The molecule has 0 unspecified atom stereocenters. The number of hydrogen-bond acceptors (Lipinski definition) is 10. The molecule has 0 radical (unpaired) electrons. The lowest BCUT2D eigenvalue weighted by molar-refractivity contribution is 0.152. The number of phenolic OH excluding ortho intramolecular Hbond substituents is 4. The molecular formula is C22H28N2O8S2. The molecule has 0 saturated heterocycles. The Morgan fingerprint density at radius 1 is 0.676 bits per heavy atom. The van der Waals surface area contributed by atoms with Gasteiger partial charge in [0, 0.05) is 24.6 Å². The second-order valence-corrected chi connectivity index (χ2v) is 9.62. The van der Waals surface area contributed by atoms with E-state index in [0.717, 1.165) is 11.1 Å². The third-order valence-corrected chi connectivity index (χ3v) is 6.66. The van der Waals surface area contributed by atoms with Crippen LogP contribution in [0.4, 0.5) is 9.59 Å². The maximum absolute atomic E-state index is 11.6. The third-order valence-electron chi connectivity index (χ3n) is 4.33. The lowest BCUT2D eigenvalue weighted by Gasteiger charge is -2.08. The lowest BCUT2D eigenvalue weighted by Crippen LogP contribution is -2.27. The molecule has 186 valence electrons. The number of phenols is 4. The average molecular weight is 513 g/mol. The van der Waals surface area contributed by atoms with Crippen LogP contribution in [0.5, 0.6) is 23.0 Å². The molecule has 6 N–H and O–H groups in total. The van der Waals surface area contributed by atoms with Crippen LogP contribution in [-0.2, 0) is 22.3 Å². The second kappa shape index (κ2) is 14.9. The van der Waals surface area contributed by atoms with Gasteiger partial charge >= 0.3 is 12.2 Å². The number of ether oxygens (including phenoxy) is 2. The van der Waals surface area contributed by atoms with Crippen LogP contribution >= 0.6 is 21.6 Å².